The second-order valence-electron chi connectivity index (χ2n) is 10.6. The highest BCUT2D eigenvalue weighted by Gasteiger charge is 2.33. The maximum Gasteiger partial charge on any atom is 0.338 e. The molecule has 0 aliphatic carbocycles. The molecule has 3 heterocycles. The summed E-state index contributed by atoms with van der Waals surface area (Å²) in [5.41, 5.74) is 6.65. The largest absolute Gasteiger partial charge is 0.463 e. The molecular weight excluding hydrogens is 601 g/mol. The van der Waals surface area contributed by atoms with Gasteiger partial charge >= 0.3 is 5.97 Å². The molecule has 0 amide bonds. The molecule has 0 radical (unpaired) electrons. The van der Waals surface area contributed by atoms with Crippen LogP contribution >= 0.6 is 34.5 Å². The first kappa shape index (κ1) is 29.2. The summed E-state index contributed by atoms with van der Waals surface area (Å²) in [5, 5.41) is 2.06. The third kappa shape index (κ3) is 5.26. The first-order valence-corrected chi connectivity index (χ1v) is 15.5. The number of esters is 1. The number of hydrogen-bond acceptors (Lipinski definition) is 5. The summed E-state index contributed by atoms with van der Waals surface area (Å²) in [6.07, 6.45) is 1.95. The van der Waals surface area contributed by atoms with Crippen molar-refractivity contribution < 1.29 is 9.53 Å². The molecular formula is C34H29Cl2N3O3S. The Balaban J connectivity index is 1.54. The Morgan fingerprint density at radius 3 is 2.49 bits per heavy atom. The number of benzene rings is 3. The number of carbonyl (C=O) groups is 1. The summed E-state index contributed by atoms with van der Waals surface area (Å²) in [5.74, 6) is -0.468. The lowest BCUT2D eigenvalue weighted by Gasteiger charge is -2.24. The number of nitrogens with zero attached hydrogens (tertiary/aromatic N) is 3. The van der Waals surface area contributed by atoms with Crippen molar-refractivity contribution in [3.8, 4) is 0 Å². The highest BCUT2D eigenvalue weighted by molar-refractivity contribution is 7.07. The van der Waals surface area contributed by atoms with E-state index in [4.69, 9.17) is 32.9 Å². The minimum atomic E-state index is -0.643. The number of allylic oxidation sites excluding steroid dienone is 1. The van der Waals surface area contributed by atoms with E-state index < -0.39 is 12.0 Å². The van der Waals surface area contributed by atoms with E-state index in [0.717, 1.165) is 38.9 Å². The zero-order valence-corrected chi connectivity index (χ0v) is 26.5. The van der Waals surface area contributed by atoms with Gasteiger partial charge in [-0.25, -0.2) is 9.79 Å². The first-order valence-electron chi connectivity index (χ1n) is 14.0. The quantitative estimate of drug-likeness (QED) is 0.196. The first-order chi connectivity index (χ1) is 20.7. The van der Waals surface area contributed by atoms with Crippen LogP contribution in [0.3, 0.4) is 0 Å². The van der Waals surface area contributed by atoms with E-state index in [0.29, 0.717) is 37.2 Å². The summed E-state index contributed by atoms with van der Waals surface area (Å²) in [4.78, 5) is 32.6. The Bertz CT molecular complexity index is 2120. The van der Waals surface area contributed by atoms with Crippen molar-refractivity contribution >= 4 is 57.5 Å². The van der Waals surface area contributed by atoms with Crippen molar-refractivity contribution in [2.75, 3.05) is 6.61 Å². The smallest absolute Gasteiger partial charge is 0.338 e. The van der Waals surface area contributed by atoms with E-state index in [1.165, 1.54) is 11.3 Å². The number of fused-ring (bicyclic) bond motifs is 2. The summed E-state index contributed by atoms with van der Waals surface area (Å²) < 4.78 is 9.80. The molecule has 0 saturated carbocycles. The number of carbonyl (C=O) groups excluding carboxylic acids is 1. The van der Waals surface area contributed by atoms with E-state index in [-0.39, 0.29) is 12.2 Å². The van der Waals surface area contributed by atoms with Crippen LogP contribution in [0.2, 0.25) is 10.0 Å². The summed E-state index contributed by atoms with van der Waals surface area (Å²) >= 11 is 13.8. The van der Waals surface area contributed by atoms with Crippen LogP contribution in [0.5, 0.6) is 0 Å². The Kier molecular flexibility index (Phi) is 7.90. The highest BCUT2D eigenvalue weighted by atomic mass is 35.5. The van der Waals surface area contributed by atoms with Crippen molar-refractivity contribution in [3.63, 3.8) is 0 Å². The molecule has 1 aliphatic rings. The van der Waals surface area contributed by atoms with Gasteiger partial charge < -0.3 is 9.30 Å². The number of ether oxygens (including phenoxy) is 1. The van der Waals surface area contributed by atoms with Crippen LogP contribution in [0.1, 0.15) is 47.8 Å². The second-order valence-corrected chi connectivity index (χ2v) is 12.4. The van der Waals surface area contributed by atoms with Crippen molar-refractivity contribution in [1.29, 1.82) is 0 Å². The Hall–Kier alpha value is -3.91. The third-order valence-electron chi connectivity index (χ3n) is 7.79. The zero-order chi connectivity index (χ0) is 30.4. The van der Waals surface area contributed by atoms with E-state index >= 15 is 0 Å². The standard InChI is InChI=1S/C34H29Cl2N3O3S/c1-5-42-33(41)30-20(3)37-34-39(31(30)23-13-10-19(2)11-14-23)32(40)29(43-34)17-25-21(4)38(28-9-7-6-8-24(25)28)18-22-12-15-26(35)27(36)16-22/h6-17,31H,5,18H2,1-4H3/b29-17-/t31-/m0/s1. The number of hydrogen-bond donors (Lipinski definition) is 0. The van der Waals surface area contributed by atoms with Crippen LogP contribution in [0, 0.1) is 13.8 Å². The van der Waals surface area contributed by atoms with Crippen LogP contribution in [-0.2, 0) is 16.1 Å². The molecule has 6 rings (SSSR count). The third-order valence-corrected chi connectivity index (χ3v) is 9.51. The fourth-order valence-corrected chi connectivity index (χ4v) is 7.00. The van der Waals surface area contributed by atoms with Crippen LogP contribution in [0.4, 0.5) is 0 Å². The molecule has 3 aromatic carbocycles. The SMILES string of the molecule is CCOC(=O)C1=C(C)N=c2s/c(=C\c3c(C)n(Cc4ccc(Cl)c(Cl)c4)c4ccccc34)c(=O)n2[C@H]1c1ccc(C)cc1. The maximum absolute atomic E-state index is 14.2. The molecule has 9 heteroatoms. The Morgan fingerprint density at radius 2 is 1.77 bits per heavy atom. The second kappa shape index (κ2) is 11.6. The van der Waals surface area contributed by atoms with Gasteiger partial charge in [0.25, 0.3) is 5.56 Å². The lowest BCUT2D eigenvalue weighted by molar-refractivity contribution is -0.139. The molecule has 5 aromatic rings. The lowest BCUT2D eigenvalue weighted by atomic mass is 9.95. The average molecular weight is 631 g/mol. The van der Waals surface area contributed by atoms with Crippen molar-refractivity contribution in [3.05, 3.63) is 136 Å². The van der Waals surface area contributed by atoms with Gasteiger partial charge in [-0.15, -0.1) is 0 Å². The molecule has 0 saturated heterocycles. The van der Waals surface area contributed by atoms with E-state index in [1.807, 2.05) is 61.5 Å². The van der Waals surface area contributed by atoms with Gasteiger partial charge in [0.1, 0.15) is 0 Å². The van der Waals surface area contributed by atoms with E-state index in [1.54, 1.807) is 24.5 Å². The van der Waals surface area contributed by atoms with Gasteiger partial charge in [-0.3, -0.25) is 9.36 Å². The Labute approximate surface area is 262 Å². The number of rotatable bonds is 6. The fourth-order valence-electron chi connectivity index (χ4n) is 5.65. The molecule has 43 heavy (non-hydrogen) atoms. The minimum Gasteiger partial charge on any atom is -0.463 e. The summed E-state index contributed by atoms with van der Waals surface area (Å²) in [6.45, 7) is 8.44. The molecule has 6 nitrogen and oxygen atoms in total. The molecule has 1 aliphatic heterocycles. The van der Waals surface area contributed by atoms with Crippen molar-refractivity contribution in [1.82, 2.24) is 9.13 Å². The molecule has 0 fully saturated rings. The van der Waals surface area contributed by atoms with Gasteiger partial charge in [0, 0.05) is 28.7 Å². The van der Waals surface area contributed by atoms with Gasteiger partial charge in [-0.1, -0.05) is 88.6 Å². The molecule has 2 aromatic heterocycles. The van der Waals surface area contributed by atoms with Crippen molar-refractivity contribution in [2.45, 2.75) is 40.3 Å². The lowest BCUT2D eigenvalue weighted by Crippen LogP contribution is -2.39. The Morgan fingerprint density at radius 1 is 1.02 bits per heavy atom. The molecule has 218 valence electrons. The van der Waals surface area contributed by atoms with Gasteiger partial charge in [0.05, 0.1) is 38.5 Å². The molecule has 1 atom stereocenters. The molecule has 0 unspecified atom stereocenters. The predicted octanol–water partition coefficient (Wildman–Crippen LogP) is 6.72. The summed E-state index contributed by atoms with van der Waals surface area (Å²) in [7, 11) is 0. The van der Waals surface area contributed by atoms with E-state index in [9.17, 15) is 9.59 Å². The number of halogens is 2. The zero-order valence-electron chi connectivity index (χ0n) is 24.2. The van der Waals surface area contributed by atoms with Crippen LogP contribution in [0.15, 0.2) is 87.8 Å². The number of thiazole rings is 1. The van der Waals surface area contributed by atoms with Gasteiger partial charge in [0.2, 0.25) is 0 Å². The number of para-hydroxylation sites is 1. The summed E-state index contributed by atoms with van der Waals surface area (Å²) in [6, 6.07) is 21.0. The van der Waals surface area contributed by atoms with Crippen molar-refractivity contribution in [2.24, 2.45) is 4.99 Å². The highest BCUT2D eigenvalue weighted by Crippen LogP contribution is 2.32. The normalized spacial score (nSPS) is 15.1. The fraction of sp³-hybridized carbons (Fsp3) is 0.206. The number of aromatic nitrogens is 2. The molecule has 0 bridgehead atoms. The maximum atomic E-state index is 14.2. The predicted molar refractivity (Wildman–Crippen MR) is 174 cm³/mol. The monoisotopic (exact) mass is 629 g/mol. The topological polar surface area (TPSA) is 65.6 Å². The van der Waals surface area contributed by atoms with Gasteiger partial charge in [-0.05, 0) is 63.1 Å². The van der Waals surface area contributed by atoms with E-state index in [2.05, 4.69) is 23.6 Å². The van der Waals surface area contributed by atoms with Gasteiger partial charge in [0.15, 0.2) is 4.80 Å². The average Bonchev–Trinajstić information content (AvgIpc) is 3.43. The minimum absolute atomic E-state index is 0.204. The molecule has 0 N–H and O–H groups in total. The van der Waals surface area contributed by atoms with Gasteiger partial charge in [-0.2, -0.15) is 0 Å². The van der Waals surface area contributed by atoms with Crippen LogP contribution in [0.25, 0.3) is 17.0 Å². The van der Waals surface area contributed by atoms with Crippen LogP contribution < -0.4 is 14.9 Å². The number of aryl methyl sites for hydroxylation is 1. The van der Waals surface area contributed by atoms with Crippen LogP contribution in [-0.4, -0.2) is 21.7 Å². The molecule has 0 spiro atoms.